The number of amides is 1. The molecule has 4 rings (SSSR count). The summed E-state index contributed by atoms with van der Waals surface area (Å²) in [7, 11) is 1.45. The third-order valence-corrected chi connectivity index (χ3v) is 6.49. The van der Waals surface area contributed by atoms with Crippen molar-refractivity contribution >= 4 is 17.3 Å². The highest BCUT2D eigenvalue weighted by Gasteiger charge is 2.27. The molecule has 3 N–H and O–H groups in total. The molecule has 2 aromatic rings. The summed E-state index contributed by atoms with van der Waals surface area (Å²) in [6.45, 7) is 3.21. The number of nitrogens with one attached hydrogen (secondary N) is 1. The van der Waals surface area contributed by atoms with Crippen LogP contribution in [0.15, 0.2) is 30.3 Å². The quantitative estimate of drug-likeness (QED) is 0.665. The Balaban J connectivity index is 1.67. The third-order valence-electron chi connectivity index (χ3n) is 6.49. The van der Waals surface area contributed by atoms with Gasteiger partial charge >= 0.3 is 0 Å². The van der Waals surface area contributed by atoms with Gasteiger partial charge in [0.25, 0.3) is 5.91 Å². The lowest BCUT2D eigenvalue weighted by Crippen LogP contribution is -2.38. The Morgan fingerprint density at radius 3 is 2.59 bits per heavy atom. The first-order valence-electron chi connectivity index (χ1n) is 11.4. The Kier molecular flexibility index (Phi) is 7.15. The molecule has 0 spiro atoms. The molecule has 0 unspecified atom stereocenters. The van der Waals surface area contributed by atoms with Gasteiger partial charge in [0.1, 0.15) is 0 Å². The zero-order chi connectivity index (χ0) is 22.5. The van der Waals surface area contributed by atoms with Crippen molar-refractivity contribution in [3.8, 4) is 5.75 Å². The Labute approximate surface area is 188 Å². The van der Waals surface area contributed by atoms with Crippen LogP contribution in [0.3, 0.4) is 0 Å². The average molecular weight is 442 g/mol. The Morgan fingerprint density at radius 1 is 1.19 bits per heavy atom. The summed E-state index contributed by atoms with van der Waals surface area (Å²) in [4.78, 5) is 14.8. The summed E-state index contributed by atoms with van der Waals surface area (Å²) in [5.41, 5.74) is 10.2. The molecule has 2 aliphatic rings. The minimum atomic E-state index is -0.428. The maximum atomic E-state index is 14.1. The van der Waals surface area contributed by atoms with Gasteiger partial charge in [-0.1, -0.05) is 25.3 Å². The molecule has 172 valence electrons. The van der Waals surface area contributed by atoms with Crippen molar-refractivity contribution < 1.29 is 18.7 Å². The Morgan fingerprint density at radius 2 is 1.94 bits per heavy atom. The maximum Gasteiger partial charge on any atom is 0.250 e. The van der Waals surface area contributed by atoms with Crippen LogP contribution in [-0.2, 0) is 11.3 Å². The van der Waals surface area contributed by atoms with Crippen LogP contribution in [0.1, 0.15) is 59.5 Å². The monoisotopic (exact) mass is 441 g/mol. The number of ether oxygens (including phenoxy) is 2. The zero-order valence-electron chi connectivity index (χ0n) is 18.7. The highest BCUT2D eigenvalue weighted by molar-refractivity contribution is 6.01. The van der Waals surface area contributed by atoms with Gasteiger partial charge in [-0.05, 0) is 54.2 Å². The van der Waals surface area contributed by atoms with Gasteiger partial charge in [-0.25, -0.2) is 4.39 Å². The zero-order valence-corrected chi connectivity index (χ0v) is 18.7. The van der Waals surface area contributed by atoms with Gasteiger partial charge < -0.3 is 25.4 Å². The van der Waals surface area contributed by atoms with Crippen molar-refractivity contribution in [2.75, 3.05) is 43.6 Å². The lowest BCUT2D eigenvalue weighted by molar-refractivity contribution is 0.0998. The number of hydrogen-bond donors (Lipinski definition) is 2. The number of primary amides is 1. The molecule has 7 heteroatoms. The van der Waals surface area contributed by atoms with Crippen LogP contribution in [0, 0.1) is 5.82 Å². The number of morpholine rings is 1. The maximum absolute atomic E-state index is 14.1. The molecule has 2 fully saturated rings. The summed E-state index contributed by atoms with van der Waals surface area (Å²) < 4.78 is 24.6. The predicted octanol–water partition coefficient (Wildman–Crippen LogP) is 4.43. The number of anilines is 2. The molecule has 1 aliphatic carbocycles. The molecule has 0 aromatic heterocycles. The number of nitrogens with zero attached hydrogens (tertiary/aromatic N) is 1. The van der Waals surface area contributed by atoms with Gasteiger partial charge in [0.15, 0.2) is 11.6 Å². The third kappa shape index (κ3) is 4.99. The molecule has 1 heterocycles. The van der Waals surface area contributed by atoms with E-state index in [1.54, 1.807) is 6.07 Å². The Bertz CT molecular complexity index is 954. The fourth-order valence-electron chi connectivity index (χ4n) is 4.84. The van der Waals surface area contributed by atoms with E-state index in [2.05, 4.69) is 16.3 Å². The van der Waals surface area contributed by atoms with E-state index < -0.39 is 11.7 Å². The molecule has 0 radical (unpaired) electrons. The van der Waals surface area contributed by atoms with Crippen LogP contribution < -0.4 is 20.7 Å². The summed E-state index contributed by atoms with van der Waals surface area (Å²) in [5, 5.41) is 3.37. The Hall–Kier alpha value is -2.80. The summed E-state index contributed by atoms with van der Waals surface area (Å²) in [5.74, 6) is -0.197. The lowest BCUT2D eigenvalue weighted by Gasteiger charge is -2.35. The highest BCUT2D eigenvalue weighted by Crippen LogP contribution is 2.41. The minimum Gasteiger partial charge on any atom is -0.494 e. The molecular formula is C25H32FN3O3. The van der Waals surface area contributed by atoms with Gasteiger partial charge in [-0.3, -0.25) is 4.79 Å². The van der Waals surface area contributed by atoms with Gasteiger partial charge in [-0.15, -0.1) is 0 Å². The molecule has 6 nitrogen and oxygen atoms in total. The fourth-order valence-corrected chi connectivity index (χ4v) is 4.84. The molecule has 1 aliphatic heterocycles. The van der Waals surface area contributed by atoms with E-state index in [0.29, 0.717) is 31.2 Å². The summed E-state index contributed by atoms with van der Waals surface area (Å²) in [6.07, 6.45) is 5.88. The van der Waals surface area contributed by atoms with Crippen molar-refractivity contribution in [1.29, 1.82) is 0 Å². The fraction of sp³-hybridized carbons (Fsp3) is 0.480. The van der Waals surface area contributed by atoms with Crippen LogP contribution in [0.2, 0.25) is 0 Å². The molecule has 1 saturated carbocycles. The topological polar surface area (TPSA) is 76.8 Å². The number of nitrogens with two attached hydrogens (primary N) is 1. The average Bonchev–Trinajstić information content (AvgIpc) is 2.83. The van der Waals surface area contributed by atoms with Crippen molar-refractivity contribution in [2.45, 2.75) is 44.6 Å². The molecule has 1 amide bonds. The number of halogens is 1. The van der Waals surface area contributed by atoms with Gasteiger partial charge in [-0.2, -0.15) is 0 Å². The summed E-state index contributed by atoms with van der Waals surface area (Å²) in [6, 6.07) is 8.90. The second-order valence-electron chi connectivity index (χ2n) is 8.58. The molecule has 1 saturated heterocycles. The van der Waals surface area contributed by atoms with E-state index in [9.17, 15) is 9.18 Å². The molecule has 0 bridgehead atoms. The van der Waals surface area contributed by atoms with Crippen molar-refractivity contribution in [1.82, 2.24) is 0 Å². The summed E-state index contributed by atoms with van der Waals surface area (Å²) >= 11 is 0. The smallest absolute Gasteiger partial charge is 0.250 e. The first-order chi connectivity index (χ1) is 15.6. The van der Waals surface area contributed by atoms with E-state index in [1.165, 1.54) is 38.0 Å². The van der Waals surface area contributed by atoms with E-state index >= 15 is 0 Å². The predicted molar refractivity (Wildman–Crippen MR) is 124 cm³/mol. The van der Waals surface area contributed by atoms with E-state index in [4.69, 9.17) is 15.2 Å². The largest absolute Gasteiger partial charge is 0.494 e. The standard InChI is InChI=1S/C25H32FN3O3/c1-31-23-8-7-17(13-22(23)26)16-28-19-14-20(18-5-3-2-4-6-18)24(21(15-19)25(27)30)29-9-11-32-12-10-29/h7-8,13-15,18,28H,2-6,9-12,16H2,1H3,(H2,27,30). The minimum absolute atomic E-state index is 0.221. The van der Waals surface area contributed by atoms with Crippen LogP contribution in [0.4, 0.5) is 15.8 Å². The first-order valence-corrected chi connectivity index (χ1v) is 11.4. The van der Waals surface area contributed by atoms with Gasteiger partial charge in [0.05, 0.1) is 31.6 Å². The number of methoxy groups -OCH3 is 1. The second kappa shape index (κ2) is 10.2. The number of carbonyl (C=O) groups is 1. The van der Waals surface area contributed by atoms with E-state index in [-0.39, 0.29) is 5.75 Å². The van der Waals surface area contributed by atoms with Gasteiger partial charge in [0.2, 0.25) is 0 Å². The molecule has 2 aromatic carbocycles. The first kappa shape index (κ1) is 22.4. The van der Waals surface area contributed by atoms with Crippen LogP contribution >= 0.6 is 0 Å². The number of benzene rings is 2. The van der Waals surface area contributed by atoms with Crippen LogP contribution in [0.5, 0.6) is 5.75 Å². The molecule has 0 atom stereocenters. The second-order valence-corrected chi connectivity index (χ2v) is 8.58. The number of hydrogen-bond acceptors (Lipinski definition) is 5. The highest BCUT2D eigenvalue weighted by atomic mass is 19.1. The molecular weight excluding hydrogens is 409 g/mol. The van der Waals surface area contributed by atoms with E-state index in [1.807, 2.05) is 12.1 Å². The van der Waals surface area contributed by atoms with Crippen LogP contribution in [0.25, 0.3) is 0 Å². The van der Waals surface area contributed by atoms with Crippen molar-refractivity contribution in [2.24, 2.45) is 5.73 Å². The molecule has 32 heavy (non-hydrogen) atoms. The SMILES string of the molecule is COc1ccc(CNc2cc(C(N)=O)c(N3CCOCC3)c(C3CCCCC3)c2)cc1F. The number of rotatable bonds is 7. The van der Waals surface area contributed by atoms with Gasteiger partial charge in [0, 0.05) is 25.3 Å². The van der Waals surface area contributed by atoms with Crippen molar-refractivity contribution in [3.05, 3.63) is 52.8 Å². The normalized spacial score (nSPS) is 17.2. The van der Waals surface area contributed by atoms with E-state index in [0.717, 1.165) is 42.9 Å². The van der Waals surface area contributed by atoms with Crippen LogP contribution in [-0.4, -0.2) is 39.3 Å². The van der Waals surface area contributed by atoms with Crippen molar-refractivity contribution in [3.63, 3.8) is 0 Å². The lowest BCUT2D eigenvalue weighted by atomic mass is 9.82. The number of carbonyl (C=O) groups excluding carboxylic acids is 1.